The molecule has 3 N–H and O–H groups in total. The van der Waals surface area contributed by atoms with Crippen LogP contribution in [0.1, 0.15) is 17.0 Å². The zero-order valence-electron chi connectivity index (χ0n) is 19.2. The number of aromatic nitrogens is 2. The van der Waals surface area contributed by atoms with Crippen LogP contribution in [0.2, 0.25) is 5.02 Å². The molecule has 0 bridgehead atoms. The first kappa shape index (κ1) is 23.6. The Morgan fingerprint density at radius 1 is 1.12 bits per heavy atom. The Bertz CT molecular complexity index is 1240. The summed E-state index contributed by atoms with van der Waals surface area (Å²) < 4.78 is 11.1. The van der Waals surface area contributed by atoms with Crippen molar-refractivity contribution in [3.63, 3.8) is 0 Å². The number of nitrogens with one attached hydrogen (secondary N) is 3. The second-order valence-electron chi connectivity index (χ2n) is 7.94. The molecule has 4 rings (SSSR count). The summed E-state index contributed by atoms with van der Waals surface area (Å²) in [5, 5.41) is 6.58. The SMILES string of the molecule is COc1cc(CNCCc2nc3ccccc3[nH]2)cc(Cl)c1OCC(=O)Nc1ccc(C)cc1. The molecule has 1 aromatic heterocycles. The minimum Gasteiger partial charge on any atom is -0.493 e. The van der Waals surface area contributed by atoms with Gasteiger partial charge in [0.05, 0.1) is 23.2 Å². The van der Waals surface area contributed by atoms with E-state index in [1.54, 1.807) is 7.11 Å². The largest absolute Gasteiger partial charge is 0.493 e. The van der Waals surface area contributed by atoms with Gasteiger partial charge in [0, 0.05) is 25.2 Å². The molecule has 4 aromatic rings. The number of hydrogen-bond donors (Lipinski definition) is 3. The molecule has 7 nitrogen and oxygen atoms in total. The van der Waals surface area contributed by atoms with E-state index in [1.165, 1.54) is 0 Å². The molecule has 34 heavy (non-hydrogen) atoms. The molecule has 0 aliphatic rings. The number of benzene rings is 3. The normalized spacial score (nSPS) is 10.9. The number of fused-ring (bicyclic) bond motifs is 1. The zero-order valence-corrected chi connectivity index (χ0v) is 19.9. The van der Waals surface area contributed by atoms with Crippen molar-refractivity contribution in [1.82, 2.24) is 15.3 Å². The molecule has 3 aromatic carbocycles. The number of aromatic amines is 1. The van der Waals surface area contributed by atoms with Crippen molar-refractivity contribution >= 4 is 34.2 Å². The number of carbonyl (C=O) groups excluding carboxylic acids is 1. The quantitative estimate of drug-likeness (QED) is 0.283. The number of carbonyl (C=O) groups is 1. The number of aryl methyl sites for hydroxylation is 1. The number of nitrogens with zero attached hydrogens (tertiary/aromatic N) is 1. The van der Waals surface area contributed by atoms with Gasteiger partial charge in [-0.1, -0.05) is 41.4 Å². The Hall–Kier alpha value is -3.55. The predicted octanol–water partition coefficient (Wildman–Crippen LogP) is 4.88. The lowest BCUT2D eigenvalue weighted by atomic mass is 10.2. The molecule has 0 fully saturated rings. The van der Waals surface area contributed by atoms with Crippen molar-refractivity contribution in [3.8, 4) is 11.5 Å². The number of methoxy groups -OCH3 is 1. The second-order valence-corrected chi connectivity index (χ2v) is 8.35. The summed E-state index contributed by atoms with van der Waals surface area (Å²) in [6.45, 7) is 3.16. The molecule has 8 heteroatoms. The van der Waals surface area contributed by atoms with Crippen LogP contribution in [-0.4, -0.2) is 36.1 Å². The Labute approximate surface area is 203 Å². The number of H-pyrrole nitrogens is 1. The van der Waals surface area contributed by atoms with Crippen LogP contribution in [0.4, 0.5) is 5.69 Å². The van der Waals surface area contributed by atoms with Crippen molar-refractivity contribution in [3.05, 3.63) is 82.6 Å². The highest BCUT2D eigenvalue weighted by Crippen LogP contribution is 2.36. The zero-order chi connectivity index (χ0) is 23.9. The Balaban J connectivity index is 1.29. The van der Waals surface area contributed by atoms with E-state index >= 15 is 0 Å². The lowest BCUT2D eigenvalue weighted by molar-refractivity contribution is -0.118. The van der Waals surface area contributed by atoms with Gasteiger partial charge >= 0.3 is 0 Å². The first-order chi connectivity index (χ1) is 16.5. The molecule has 0 unspecified atom stereocenters. The number of rotatable bonds is 10. The van der Waals surface area contributed by atoms with Crippen LogP contribution in [-0.2, 0) is 17.8 Å². The number of imidazole rings is 1. The molecule has 0 aliphatic heterocycles. The number of hydrogen-bond acceptors (Lipinski definition) is 5. The van der Waals surface area contributed by atoms with E-state index in [0.717, 1.165) is 41.0 Å². The van der Waals surface area contributed by atoms with E-state index in [1.807, 2.05) is 67.6 Å². The van der Waals surface area contributed by atoms with Gasteiger partial charge in [0.1, 0.15) is 5.82 Å². The van der Waals surface area contributed by atoms with Crippen LogP contribution in [0.3, 0.4) is 0 Å². The summed E-state index contributed by atoms with van der Waals surface area (Å²) in [5.41, 5.74) is 4.79. The van der Waals surface area contributed by atoms with E-state index in [0.29, 0.717) is 28.8 Å². The van der Waals surface area contributed by atoms with Crippen LogP contribution in [0, 0.1) is 6.92 Å². The van der Waals surface area contributed by atoms with Crippen molar-refractivity contribution in [2.24, 2.45) is 0 Å². The average molecular weight is 479 g/mol. The number of amides is 1. The van der Waals surface area contributed by atoms with Gasteiger partial charge in [-0.05, 0) is 48.9 Å². The molecule has 1 heterocycles. The molecule has 1 amide bonds. The van der Waals surface area contributed by atoms with Gasteiger partial charge in [-0.15, -0.1) is 0 Å². The highest BCUT2D eigenvalue weighted by molar-refractivity contribution is 6.32. The van der Waals surface area contributed by atoms with E-state index < -0.39 is 0 Å². The fraction of sp³-hybridized carbons (Fsp3) is 0.231. The molecule has 0 atom stereocenters. The van der Waals surface area contributed by atoms with Gasteiger partial charge in [0.2, 0.25) is 0 Å². The number of ether oxygens (including phenoxy) is 2. The van der Waals surface area contributed by atoms with Gasteiger partial charge in [0.15, 0.2) is 18.1 Å². The maximum absolute atomic E-state index is 12.3. The maximum Gasteiger partial charge on any atom is 0.262 e. The minimum absolute atomic E-state index is 0.181. The highest BCUT2D eigenvalue weighted by Gasteiger charge is 2.14. The second kappa shape index (κ2) is 11.0. The molecule has 0 saturated heterocycles. The monoisotopic (exact) mass is 478 g/mol. The van der Waals surface area contributed by atoms with Crippen LogP contribution in [0.25, 0.3) is 11.0 Å². The van der Waals surface area contributed by atoms with Crippen LogP contribution in [0.5, 0.6) is 11.5 Å². The summed E-state index contributed by atoms with van der Waals surface area (Å²) in [4.78, 5) is 20.2. The fourth-order valence-corrected chi connectivity index (χ4v) is 3.84. The number of anilines is 1. The van der Waals surface area contributed by atoms with Crippen LogP contribution in [0.15, 0.2) is 60.7 Å². The Kier molecular flexibility index (Phi) is 7.67. The van der Waals surface area contributed by atoms with Gasteiger partial charge in [-0.3, -0.25) is 4.79 Å². The topological polar surface area (TPSA) is 88.3 Å². The summed E-state index contributed by atoms with van der Waals surface area (Å²) in [6, 6.07) is 19.2. The van der Waals surface area contributed by atoms with Crippen molar-refractivity contribution < 1.29 is 14.3 Å². The molecule has 0 spiro atoms. The summed E-state index contributed by atoms with van der Waals surface area (Å²) in [6.07, 6.45) is 0.775. The van der Waals surface area contributed by atoms with Gasteiger partial charge in [0.25, 0.3) is 5.91 Å². The number of halogens is 1. The molecular weight excluding hydrogens is 452 g/mol. The molecular formula is C26H27ClN4O3. The van der Waals surface area contributed by atoms with E-state index in [9.17, 15) is 4.79 Å². The third-order valence-corrected chi connectivity index (χ3v) is 5.56. The van der Waals surface area contributed by atoms with E-state index in [2.05, 4.69) is 20.6 Å². The highest BCUT2D eigenvalue weighted by atomic mass is 35.5. The first-order valence-electron chi connectivity index (χ1n) is 11.0. The minimum atomic E-state index is -0.279. The van der Waals surface area contributed by atoms with Gasteiger partial charge < -0.3 is 25.1 Å². The molecule has 0 aliphatic carbocycles. The Morgan fingerprint density at radius 3 is 2.68 bits per heavy atom. The lowest BCUT2D eigenvalue weighted by Crippen LogP contribution is -2.20. The molecule has 176 valence electrons. The molecule has 0 saturated carbocycles. The maximum atomic E-state index is 12.3. The van der Waals surface area contributed by atoms with E-state index in [4.69, 9.17) is 21.1 Å². The standard InChI is InChI=1S/C26H27ClN4O3/c1-17-7-9-19(10-8-17)29-25(32)16-34-26-20(27)13-18(14-23(26)33-2)15-28-12-11-24-30-21-5-3-4-6-22(21)31-24/h3-10,13-14,28H,11-12,15-16H2,1-2H3,(H,29,32)(H,30,31). The smallest absolute Gasteiger partial charge is 0.262 e. The first-order valence-corrected chi connectivity index (χ1v) is 11.4. The summed E-state index contributed by atoms with van der Waals surface area (Å²) in [7, 11) is 1.55. The number of para-hydroxylation sites is 2. The van der Waals surface area contributed by atoms with Crippen molar-refractivity contribution in [1.29, 1.82) is 0 Å². The van der Waals surface area contributed by atoms with Gasteiger partial charge in [-0.25, -0.2) is 4.98 Å². The van der Waals surface area contributed by atoms with Crippen molar-refractivity contribution in [2.75, 3.05) is 25.6 Å². The third-order valence-electron chi connectivity index (χ3n) is 5.28. The van der Waals surface area contributed by atoms with E-state index in [-0.39, 0.29) is 12.5 Å². The molecule has 0 radical (unpaired) electrons. The average Bonchev–Trinajstić information content (AvgIpc) is 3.25. The Morgan fingerprint density at radius 2 is 1.91 bits per heavy atom. The van der Waals surface area contributed by atoms with Crippen molar-refractivity contribution in [2.45, 2.75) is 19.9 Å². The fourth-order valence-electron chi connectivity index (χ4n) is 3.55. The predicted molar refractivity (Wildman–Crippen MR) is 135 cm³/mol. The van der Waals surface area contributed by atoms with Crippen LogP contribution >= 0.6 is 11.6 Å². The van der Waals surface area contributed by atoms with Crippen LogP contribution < -0.4 is 20.1 Å². The lowest BCUT2D eigenvalue weighted by Gasteiger charge is -2.14. The third kappa shape index (κ3) is 6.07. The summed E-state index contributed by atoms with van der Waals surface area (Å²) in [5.74, 6) is 1.48. The summed E-state index contributed by atoms with van der Waals surface area (Å²) >= 11 is 6.45. The van der Waals surface area contributed by atoms with Gasteiger partial charge in [-0.2, -0.15) is 0 Å².